The van der Waals surface area contributed by atoms with Crippen LogP contribution in [0.4, 0.5) is 0 Å². The third-order valence-corrected chi connectivity index (χ3v) is 8.15. The van der Waals surface area contributed by atoms with Gasteiger partial charge in [-0.15, -0.1) is 5.10 Å². The maximum atomic E-state index is 13.3. The molecule has 3 aromatic rings. The number of aromatic nitrogens is 4. The lowest BCUT2D eigenvalue weighted by Gasteiger charge is -2.28. The largest absolute Gasteiger partial charge is 0.494 e. The number of carbonyl (C=O) groups excluding carboxylic acids is 1. The number of nitrogens with zero attached hydrogens (tertiary/aromatic N) is 5. The molecule has 2 aromatic carbocycles. The normalized spacial score (nSPS) is 17.1. The molecule has 11 heteroatoms. The van der Waals surface area contributed by atoms with Crippen molar-refractivity contribution in [2.75, 3.05) is 24.4 Å². The lowest BCUT2D eigenvalue weighted by molar-refractivity contribution is -0.130. The van der Waals surface area contributed by atoms with E-state index in [0.29, 0.717) is 29.6 Å². The second-order valence-electron chi connectivity index (χ2n) is 7.90. The highest BCUT2D eigenvalue weighted by atomic mass is 32.2. The van der Waals surface area contributed by atoms with Crippen LogP contribution in [-0.2, 0) is 21.2 Å². The van der Waals surface area contributed by atoms with E-state index < -0.39 is 9.84 Å². The van der Waals surface area contributed by atoms with Crippen molar-refractivity contribution in [2.45, 2.75) is 31.1 Å². The Kier molecular flexibility index (Phi) is 6.99. The van der Waals surface area contributed by atoms with Gasteiger partial charge in [-0.25, -0.2) is 8.42 Å². The van der Waals surface area contributed by atoms with Crippen LogP contribution in [0.5, 0.6) is 5.75 Å². The monoisotopic (exact) mass is 487 g/mol. The van der Waals surface area contributed by atoms with E-state index in [1.807, 2.05) is 55.5 Å². The van der Waals surface area contributed by atoms with Crippen molar-refractivity contribution in [2.24, 2.45) is 0 Å². The average molecular weight is 488 g/mol. The fourth-order valence-corrected chi connectivity index (χ4v) is 6.32. The molecule has 1 aromatic heterocycles. The first-order valence-corrected chi connectivity index (χ1v) is 13.3. The summed E-state index contributed by atoms with van der Waals surface area (Å²) in [6.45, 7) is 2.32. The molecule has 1 amide bonds. The Hall–Kier alpha value is -2.92. The number of amides is 1. The molecule has 0 spiro atoms. The van der Waals surface area contributed by atoms with Gasteiger partial charge in [-0.1, -0.05) is 48.2 Å². The summed E-state index contributed by atoms with van der Waals surface area (Å²) in [7, 11) is -1.55. The summed E-state index contributed by atoms with van der Waals surface area (Å²) >= 11 is 1.21. The Labute approximate surface area is 197 Å². The lowest BCUT2D eigenvalue weighted by atomic mass is 10.1. The first-order chi connectivity index (χ1) is 15.9. The van der Waals surface area contributed by atoms with Crippen LogP contribution < -0.4 is 4.74 Å². The van der Waals surface area contributed by atoms with E-state index >= 15 is 0 Å². The highest BCUT2D eigenvalue weighted by Crippen LogP contribution is 2.28. The summed E-state index contributed by atoms with van der Waals surface area (Å²) in [6.07, 6.45) is 0.448. The van der Waals surface area contributed by atoms with Crippen molar-refractivity contribution < 1.29 is 17.9 Å². The fourth-order valence-electron chi connectivity index (χ4n) is 3.82. The highest BCUT2D eigenvalue weighted by molar-refractivity contribution is 7.99. The summed E-state index contributed by atoms with van der Waals surface area (Å²) < 4.78 is 31.1. The smallest absolute Gasteiger partial charge is 0.233 e. The summed E-state index contributed by atoms with van der Waals surface area (Å²) in [6, 6.07) is 14.9. The van der Waals surface area contributed by atoms with Crippen LogP contribution in [0.25, 0.3) is 5.69 Å². The molecule has 0 aliphatic carbocycles. The third-order valence-electron chi connectivity index (χ3n) is 5.49. The summed E-state index contributed by atoms with van der Waals surface area (Å²) in [4.78, 5) is 14.9. The zero-order valence-electron chi connectivity index (χ0n) is 18.4. The van der Waals surface area contributed by atoms with Crippen LogP contribution in [0.15, 0.2) is 53.7 Å². The number of benzene rings is 2. The summed E-state index contributed by atoms with van der Waals surface area (Å²) in [5, 5.41) is 12.4. The number of carbonyl (C=O) groups is 1. The van der Waals surface area contributed by atoms with Gasteiger partial charge in [0.2, 0.25) is 11.1 Å². The van der Waals surface area contributed by atoms with Gasteiger partial charge in [-0.2, -0.15) is 4.68 Å². The van der Waals surface area contributed by atoms with Crippen LogP contribution in [-0.4, -0.2) is 69.8 Å². The molecule has 0 N–H and O–H groups in total. The number of thioether (sulfide) groups is 1. The molecule has 4 rings (SSSR count). The van der Waals surface area contributed by atoms with Crippen molar-refractivity contribution in [1.29, 1.82) is 0 Å². The molecule has 1 aliphatic heterocycles. The Morgan fingerprint density at radius 1 is 1.24 bits per heavy atom. The number of rotatable bonds is 8. The van der Waals surface area contributed by atoms with E-state index in [-0.39, 0.29) is 29.2 Å². The molecule has 1 fully saturated rings. The standard InChI is InChI=1S/C22H25N5O4S2/c1-16-8-9-20(31-2)19(12-16)27-22(23-24-25-27)32-14-21(28)26(13-17-6-4-3-5-7-17)18-10-11-33(29,30)15-18/h3-9,12,18H,10-11,13-15H2,1-2H3/t18-/m1/s1. The number of hydrogen-bond donors (Lipinski definition) is 0. The van der Waals surface area contributed by atoms with Gasteiger partial charge in [0.1, 0.15) is 11.4 Å². The van der Waals surface area contributed by atoms with Gasteiger partial charge in [0.15, 0.2) is 9.84 Å². The van der Waals surface area contributed by atoms with Crippen LogP contribution >= 0.6 is 11.8 Å². The Bertz CT molecular complexity index is 1230. The Morgan fingerprint density at radius 2 is 2.03 bits per heavy atom. The van der Waals surface area contributed by atoms with E-state index in [1.165, 1.54) is 11.8 Å². The zero-order valence-corrected chi connectivity index (χ0v) is 20.1. The van der Waals surface area contributed by atoms with Crippen molar-refractivity contribution in [3.05, 3.63) is 59.7 Å². The first-order valence-electron chi connectivity index (χ1n) is 10.5. The molecular weight excluding hydrogens is 462 g/mol. The summed E-state index contributed by atoms with van der Waals surface area (Å²) in [5.74, 6) is 0.640. The maximum absolute atomic E-state index is 13.3. The third kappa shape index (κ3) is 5.53. The topological polar surface area (TPSA) is 107 Å². The van der Waals surface area contributed by atoms with E-state index in [1.54, 1.807) is 16.7 Å². The van der Waals surface area contributed by atoms with Crippen molar-refractivity contribution >= 4 is 27.5 Å². The Morgan fingerprint density at radius 3 is 2.73 bits per heavy atom. The zero-order chi connectivity index (χ0) is 23.4. The van der Waals surface area contributed by atoms with E-state index in [2.05, 4.69) is 15.5 Å². The van der Waals surface area contributed by atoms with Gasteiger partial charge in [-0.05, 0) is 47.0 Å². The lowest BCUT2D eigenvalue weighted by Crippen LogP contribution is -2.41. The molecule has 2 heterocycles. The number of tetrazole rings is 1. The fraction of sp³-hybridized carbons (Fsp3) is 0.364. The van der Waals surface area contributed by atoms with Gasteiger partial charge in [-0.3, -0.25) is 4.79 Å². The van der Waals surface area contributed by atoms with Gasteiger partial charge in [0.05, 0.1) is 24.4 Å². The minimum absolute atomic E-state index is 0.00549. The van der Waals surface area contributed by atoms with Crippen molar-refractivity contribution in [1.82, 2.24) is 25.1 Å². The first kappa shape index (κ1) is 23.2. The quantitative estimate of drug-likeness (QED) is 0.446. The minimum atomic E-state index is -3.13. The highest BCUT2D eigenvalue weighted by Gasteiger charge is 2.34. The predicted octanol–water partition coefficient (Wildman–Crippen LogP) is 2.29. The molecule has 9 nitrogen and oxygen atoms in total. The number of aryl methyl sites for hydroxylation is 1. The van der Waals surface area contributed by atoms with Gasteiger partial charge < -0.3 is 9.64 Å². The summed E-state index contributed by atoms with van der Waals surface area (Å²) in [5.41, 5.74) is 2.65. The van der Waals surface area contributed by atoms with E-state index in [0.717, 1.165) is 11.1 Å². The number of ether oxygens (including phenoxy) is 1. The number of hydrogen-bond acceptors (Lipinski definition) is 8. The predicted molar refractivity (Wildman–Crippen MR) is 125 cm³/mol. The van der Waals surface area contributed by atoms with Gasteiger partial charge in [0, 0.05) is 12.6 Å². The van der Waals surface area contributed by atoms with Crippen molar-refractivity contribution in [3.63, 3.8) is 0 Å². The van der Waals surface area contributed by atoms with Gasteiger partial charge in [0.25, 0.3) is 0 Å². The molecule has 1 aliphatic rings. The van der Waals surface area contributed by atoms with Gasteiger partial charge >= 0.3 is 0 Å². The maximum Gasteiger partial charge on any atom is 0.233 e. The molecular formula is C22H25N5O4S2. The SMILES string of the molecule is COc1ccc(C)cc1-n1nnnc1SCC(=O)N(Cc1ccccc1)[C@@H]1CCS(=O)(=O)C1. The van der Waals surface area contributed by atoms with Crippen LogP contribution in [0.1, 0.15) is 17.5 Å². The molecule has 174 valence electrons. The van der Waals surface area contributed by atoms with Crippen LogP contribution in [0.3, 0.4) is 0 Å². The molecule has 0 saturated carbocycles. The Balaban J connectivity index is 1.53. The molecule has 33 heavy (non-hydrogen) atoms. The molecule has 0 bridgehead atoms. The molecule has 0 unspecified atom stereocenters. The van der Waals surface area contributed by atoms with Crippen LogP contribution in [0, 0.1) is 6.92 Å². The molecule has 1 saturated heterocycles. The minimum Gasteiger partial charge on any atom is -0.494 e. The van der Waals surface area contributed by atoms with E-state index in [9.17, 15) is 13.2 Å². The van der Waals surface area contributed by atoms with E-state index in [4.69, 9.17) is 4.74 Å². The number of methoxy groups -OCH3 is 1. The second-order valence-corrected chi connectivity index (χ2v) is 11.1. The average Bonchev–Trinajstić information content (AvgIpc) is 3.42. The number of sulfone groups is 1. The molecule has 1 atom stereocenters. The van der Waals surface area contributed by atoms with Crippen molar-refractivity contribution in [3.8, 4) is 11.4 Å². The van der Waals surface area contributed by atoms with Crippen LogP contribution in [0.2, 0.25) is 0 Å². The molecule has 0 radical (unpaired) electrons. The second kappa shape index (κ2) is 9.92.